The third-order valence-electron chi connectivity index (χ3n) is 12.3. The smallest absolute Gasteiger partial charge is 0.407 e. The van der Waals surface area contributed by atoms with Crippen molar-refractivity contribution in [2.45, 2.75) is 68.3 Å². The van der Waals surface area contributed by atoms with Crippen LogP contribution in [0.3, 0.4) is 0 Å². The fourth-order valence-electron chi connectivity index (χ4n) is 8.78. The maximum atomic E-state index is 16.3. The van der Waals surface area contributed by atoms with Crippen molar-refractivity contribution < 1.29 is 45.1 Å². The molecule has 7 aromatic rings. The number of rotatable bonds is 19. The number of tetrazole rings is 1. The van der Waals surface area contributed by atoms with E-state index in [1.54, 1.807) is 113 Å². The van der Waals surface area contributed by atoms with Gasteiger partial charge in [-0.2, -0.15) is 9.10 Å². The molecule has 22 heteroatoms. The molecule has 1 fully saturated rings. The Bertz CT molecular complexity index is 3220. The molecule has 5 N–H and O–H groups in total. The molecule has 0 spiro atoms. The fourth-order valence-corrected chi connectivity index (χ4v) is 12.5. The van der Waals surface area contributed by atoms with Crippen LogP contribution < -0.4 is 30.0 Å². The summed E-state index contributed by atoms with van der Waals surface area (Å²) in [5.41, 5.74) is 9.02. The molecule has 0 aliphatic carbocycles. The lowest BCUT2D eigenvalue weighted by atomic mass is 9.98. The molecule has 20 nitrogen and oxygen atoms in total. The number of nitrogens with one attached hydrogen (secondary N) is 3. The first-order valence-corrected chi connectivity index (χ1v) is 26.1. The number of fused-ring (bicyclic) bond motifs is 1. The Labute approximate surface area is 419 Å². The number of likely N-dealkylation sites (N-methyl/N-ethyl adjacent to an activating group) is 1. The molecule has 72 heavy (non-hydrogen) atoms. The Kier molecular flexibility index (Phi) is 14.9. The van der Waals surface area contributed by atoms with Gasteiger partial charge in [-0.1, -0.05) is 54.6 Å². The Morgan fingerprint density at radius 3 is 2.01 bits per heavy atom. The van der Waals surface area contributed by atoms with E-state index >= 15 is 16.8 Å². The number of anilines is 1. The van der Waals surface area contributed by atoms with Crippen LogP contribution in [0.15, 0.2) is 113 Å². The number of carbonyl (C=O) groups is 1. The zero-order valence-electron chi connectivity index (χ0n) is 41.2. The van der Waals surface area contributed by atoms with Crippen molar-refractivity contribution in [3.8, 4) is 39.8 Å². The Balaban J connectivity index is 1.29. The van der Waals surface area contributed by atoms with Crippen molar-refractivity contribution in [2.24, 2.45) is 0 Å². The average Bonchev–Trinajstić information content (AvgIpc) is 4.08. The van der Waals surface area contributed by atoms with E-state index in [0.717, 1.165) is 5.56 Å². The summed E-state index contributed by atoms with van der Waals surface area (Å²) in [4.78, 5) is 20.3. The summed E-state index contributed by atoms with van der Waals surface area (Å²) in [6.07, 6.45) is -0.117. The first-order chi connectivity index (χ1) is 34.3. The number of para-hydroxylation sites is 1. The van der Waals surface area contributed by atoms with Gasteiger partial charge in [0, 0.05) is 25.1 Å². The maximum absolute atomic E-state index is 16.3. The molecule has 2 atom stereocenters. The second-order valence-electron chi connectivity index (χ2n) is 18.9. The van der Waals surface area contributed by atoms with Crippen LogP contribution in [0.4, 0.5) is 10.7 Å². The van der Waals surface area contributed by atoms with Crippen molar-refractivity contribution >= 4 is 43.1 Å². The number of imidazole rings is 1. The molecule has 0 radical (unpaired) electrons. The molecular formula is C50H60N11O9S2+. The summed E-state index contributed by atoms with van der Waals surface area (Å²) in [5.74, 6) is 1.74. The lowest BCUT2D eigenvalue weighted by Crippen LogP contribution is -2.49. The first-order valence-electron chi connectivity index (χ1n) is 23.2. The minimum absolute atomic E-state index is 0.117. The van der Waals surface area contributed by atoms with Crippen LogP contribution in [0.5, 0.6) is 17.2 Å². The van der Waals surface area contributed by atoms with Crippen LogP contribution in [0.2, 0.25) is 0 Å². The third kappa shape index (κ3) is 11.8. The molecule has 0 saturated carbocycles. The molecule has 1 aliphatic heterocycles. The normalized spacial score (nSPS) is 16.2. The van der Waals surface area contributed by atoms with Gasteiger partial charge in [-0.05, 0) is 96.8 Å². The van der Waals surface area contributed by atoms with Crippen LogP contribution in [0.25, 0.3) is 33.5 Å². The number of nitrogens with two attached hydrogens (primary N) is 1. The predicted octanol–water partition coefficient (Wildman–Crippen LogP) is 5.95. The van der Waals surface area contributed by atoms with Crippen LogP contribution in [0, 0.1) is 0 Å². The number of amides is 1. The van der Waals surface area contributed by atoms with Gasteiger partial charge in [-0.25, -0.2) is 31.3 Å². The van der Waals surface area contributed by atoms with Gasteiger partial charge in [0.15, 0.2) is 5.95 Å². The van der Waals surface area contributed by atoms with Gasteiger partial charge in [0.05, 0.1) is 83.7 Å². The van der Waals surface area contributed by atoms with E-state index < -0.39 is 47.6 Å². The number of aromatic amines is 1. The highest BCUT2D eigenvalue weighted by atomic mass is 32.2. The lowest BCUT2D eigenvalue weighted by Gasteiger charge is -2.30. The minimum atomic E-state index is -4.94. The fraction of sp³-hybridized carbons (Fsp3) is 0.340. The van der Waals surface area contributed by atoms with Crippen molar-refractivity contribution in [1.82, 2.24) is 44.5 Å². The number of ether oxygens (including phenoxy) is 4. The molecule has 1 amide bonds. The summed E-state index contributed by atoms with van der Waals surface area (Å²) < 4.78 is 89.3. The number of sulfonamides is 2. The zero-order valence-corrected chi connectivity index (χ0v) is 42.9. The lowest BCUT2D eigenvalue weighted by molar-refractivity contribution is -0.896. The van der Waals surface area contributed by atoms with Crippen molar-refractivity contribution in [2.75, 3.05) is 60.3 Å². The van der Waals surface area contributed by atoms with Crippen LogP contribution >= 0.6 is 0 Å². The topological polar surface area (TPSA) is 248 Å². The van der Waals surface area contributed by atoms with Gasteiger partial charge in [0.1, 0.15) is 32.6 Å². The molecule has 380 valence electrons. The number of methoxy groups -OCH3 is 3. The van der Waals surface area contributed by atoms with Crippen LogP contribution in [-0.4, -0.2) is 128 Å². The molecule has 1 aliphatic rings. The van der Waals surface area contributed by atoms with Gasteiger partial charge in [-0.3, -0.25) is 0 Å². The molecule has 5 aromatic carbocycles. The van der Waals surface area contributed by atoms with E-state index in [4.69, 9.17) is 29.8 Å². The monoisotopic (exact) mass is 1020 g/mol. The number of H-pyrrole nitrogens is 1. The number of hydrogen-bond acceptors (Lipinski definition) is 14. The zero-order chi connectivity index (χ0) is 51.4. The molecule has 1 saturated heterocycles. The van der Waals surface area contributed by atoms with E-state index in [0.29, 0.717) is 75.5 Å². The first kappa shape index (κ1) is 51.3. The highest BCUT2D eigenvalue weighted by molar-refractivity contribution is 7.92. The van der Waals surface area contributed by atoms with Gasteiger partial charge in [0.2, 0.25) is 25.9 Å². The van der Waals surface area contributed by atoms with Gasteiger partial charge in [-0.15, -0.1) is 10.2 Å². The Morgan fingerprint density at radius 2 is 1.43 bits per heavy atom. The number of quaternary nitrogens is 1. The van der Waals surface area contributed by atoms with Crippen molar-refractivity contribution in [1.29, 1.82) is 0 Å². The summed E-state index contributed by atoms with van der Waals surface area (Å²) in [6.45, 7) is 6.81. The molecule has 0 bridgehead atoms. The number of carbonyl (C=O) groups excluding carboxylic acids is 1. The van der Waals surface area contributed by atoms with Crippen molar-refractivity contribution in [3.63, 3.8) is 0 Å². The molecule has 8 rings (SSSR count). The van der Waals surface area contributed by atoms with Crippen LogP contribution in [0.1, 0.15) is 43.9 Å². The second kappa shape index (κ2) is 20.9. The van der Waals surface area contributed by atoms with E-state index in [1.807, 2.05) is 19.2 Å². The van der Waals surface area contributed by atoms with Crippen molar-refractivity contribution in [3.05, 3.63) is 120 Å². The molecule has 1 unspecified atom stereocenters. The highest BCUT2D eigenvalue weighted by Gasteiger charge is 2.41. The van der Waals surface area contributed by atoms with Crippen LogP contribution in [-0.2, 0) is 44.4 Å². The quantitative estimate of drug-likeness (QED) is 0.0684. The molecular weight excluding hydrogens is 963 g/mol. The number of nitrogen functional groups attached to an aromatic ring is 1. The van der Waals surface area contributed by atoms with Gasteiger partial charge >= 0.3 is 6.09 Å². The number of hydrogen-bond donors (Lipinski definition) is 4. The predicted molar refractivity (Wildman–Crippen MR) is 271 cm³/mol. The van der Waals surface area contributed by atoms with E-state index in [9.17, 15) is 4.79 Å². The summed E-state index contributed by atoms with van der Waals surface area (Å²) in [5, 5.41) is 16.4. The summed E-state index contributed by atoms with van der Waals surface area (Å²) >= 11 is 0. The standard InChI is InChI=1S/C50H59N11O9S2/c1-50(2,3)70-49(62)52-26-28-61(4)27-25-36(32-61)57-71(63,64)43-24-23-40(41-9-8-10-42-45(41)54-48(51)53-42)44(47-55-58-60(56-47)31-35-15-21-39(69-7)22-16-35)46(43)72(65,66)59(29-33-11-17-37(67-5)18-12-33)30-34-13-19-38(68-6)20-14-34/h8-24,36,57H,25-32H2,1-7H3,(H3-,51,52,53,54,55,56,58,62)/p+1/t36-,61?/m1/s1. The summed E-state index contributed by atoms with van der Waals surface area (Å²) in [7, 11) is -3.02. The third-order valence-corrected chi connectivity index (χ3v) is 15.9. The van der Waals surface area contributed by atoms with E-state index in [1.165, 1.54) is 29.4 Å². The summed E-state index contributed by atoms with van der Waals surface area (Å²) in [6, 6.07) is 28.7. The maximum Gasteiger partial charge on any atom is 0.407 e. The van der Waals surface area contributed by atoms with E-state index in [2.05, 4.69) is 30.3 Å². The number of aromatic nitrogens is 6. The average molecular weight is 1020 g/mol. The Morgan fingerprint density at radius 1 is 0.833 bits per heavy atom. The second-order valence-corrected chi connectivity index (χ2v) is 22.4. The van der Waals surface area contributed by atoms with E-state index in [-0.39, 0.29) is 49.1 Å². The molecule has 3 heterocycles. The largest absolute Gasteiger partial charge is 0.497 e. The number of benzene rings is 5. The number of nitrogens with zero attached hydrogens (tertiary/aromatic N) is 7. The van der Waals surface area contributed by atoms with Gasteiger partial charge in [0.25, 0.3) is 0 Å². The Hall–Kier alpha value is -7.11. The number of likely N-dealkylation sites (tertiary alicyclic amines) is 1. The highest BCUT2D eigenvalue weighted by Crippen LogP contribution is 2.43. The number of alkyl carbamates (subject to hydrolysis) is 1. The SMILES string of the molecule is COc1ccc(CN(Cc2ccc(OC)cc2)S(=O)(=O)c2c(S(=O)(=O)N[C@@H]3CC[N+](C)(CCNC(=O)OC(C)(C)C)C3)ccc(-c3cccc4[nH]c(N)nc34)c2-c2nnn(Cc3ccc(OC)cc3)n2)cc1. The molecule has 2 aromatic heterocycles. The van der Waals surface area contributed by atoms with Gasteiger partial charge < -0.3 is 39.5 Å². The minimum Gasteiger partial charge on any atom is -0.497 e.